The van der Waals surface area contributed by atoms with Gasteiger partial charge in [-0.15, -0.1) is 0 Å². The predicted octanol–water partition coefficient (Wildman–Crippen LogP) is 4.91. The maximum atomic E-state index is 9.98. The van der Waals surface area contributed by atoms with Crippen LogP contribution in [0.5, 0.6) is 0 Å². The van der Waals surface area contributed by atoms with E-state index in [4.69, 9.17) is 0 Å². The highest BCUT2D eigenvalue weighted by Crippen LogP contribution is 2.69. The van der Waals surface area contributed by atoms with E-state index in [1.54, 1.807) is 19.4 Å². The number of fused-ring (bicyclic) bond motifs is 1. The Bertz CT molecular complexity index is 758. The molecule has 4 fully saturated rings. The van der Waals surface area contributed by atoms with Gasteiger partial charge in [-0.1, -0.05) is 42.1 Å². The molecule has 0 amide bonds. The average Bonchev–Trinajstić information content (AvgIpc) is 3.31. The molecule has 3 N–H and O–H groups in total. The Kier molecular flexibility index (Phi) is 5.99. The minimum absolute atomic E-state index is 0.362. The number of aliphatic hydroxyl groups excluding tert-OH is 2. The van der Waals surface area contributed by atoms with Gasteiger partial charge in [0.05, 0.1) is 12.2 Å². The van der Waals surface area contributed by atoms with Gasteiger partial charge in [0.1, 0.15) is 5.60 Å². The van der Waals surface area contributed by atoms with Crippen LogP contribution in [0.3, 0.4) is 0 Å². The summed E-state index contributed by atoms with van der Waals surface area (Å²) in [6.07, 6.45) is 15.5. The lowest BCUT2D eigenvalue weighted by molar-refractivity contribution is 0.0609. The zero-order valence-electron chi connectivity index (χ0n) is 19.1. The summed E-state index contributed by atoms with van der Waals surface area (Å²) in [4.78, 5) is 0. The molecule has 3 unspecified atom stereocenters. The summed E-state index contributed by atoms with van der Waals surface area (Å²) in [5.74, 6) is 7.77. The molecule has 166 valence electrons. The Hall–Kier alpha value is -1.08. The summed E-state index contributed by atoms with van der Waals surface area (Å²) in [7, 11) is 0. The van der Waals surface area contributed by atoms with Gasteiger partial charge < -0.3 is 15.3 Å². The van der Waals surface area contributed by atoms with E-state index < -0.39 is 17.8 Å². The van der Waals surface area contributed by atoms with Crippen LogP contribution >= 0.6 is 0 Å². The second-order valence-corrected chi connectivity index (χ2v) is 11.5. The number of rotatable bonds is 3. The molecule has 30 heavy (non-hydrogen) atoms. The first-order chi connectivity index (χ1) is 14.1. The molecule has 5 atom stereocenters. The third kappa shape index (κ3) is 4.57. The Morgan fingerprint density at radius 1 is 1.07 bits per heavy atom. The zero-order chi connectivity index (χ0) is 21.6. The maximum Gasteiger partial charge on any atom is 0.119 e. The molecule has 0 aliphatic heterocycles. The van der Waals surface area contributed by atoms with Crippen molar-refractivity contribution in [1.82, 2.24) is 0 Å². The SMILES string of the molecule is CC(C)(O)C#CCC1(C2CCC3C(=CC=C4CC(O)C[C@H](O)C4)CCC[C@@]32C)CC1. The van der Waals surface area contributed by atoms with Crippen LogP contribution in [-0.4, -0.2) is 33.1 Å². The summed E-state index contributed by atoms with van der Waals surface area (Å²) in [5, 5.41) is 29.9. The van der Waals surface area contributed by atoms with E-state index in [0.717, 1.165) is 12.3 Å². The van der Waals surface area contributed by atoms with Crippen molar-refractivity contribution >= 4 is 0 Å². The Morgan fingerprint density at radius 2 is 1.77 bits per heavy atom. The van der Waals surface area contributed by atoms with Crippen molar-refractivity contribution in [3.63, 3.8) is 0 Å². The molecule has 4 rings (SSSR count). The third-order valence-corrected chi connectivity index (χ3v) is 8.50. The van der Waals surface area contributed by atoms with Gasteiger partial charge in [0, 0.05) is 6.42 Å². The lowest BCUT2D eigenvalue weighted by atomic mass is 9.59. The number of hydrogen-bond acceptors (Lipinski definition) is 3. The normalized spacial score (nSPS) is 40.7. The van der Waals surface area contributed by atoms with Crippen LogP contribution in [0, 0.1) is 34.5 Å². The molecule has 0 aromatic heterocycles. The summed E-state index contributed by atoms with van der Waals surface area (Å²) in [6, 6.07) is 0. The number of allylic oxidation sites excluding steroid dienone is 3. The largest absolute Gasteiger partial charge is 0.393 e. The van der Waals surface area contributed by atoms with E-state index in [0.29, 0.717) is 36.0 Å². The lowest BCUT2D eigenvalue weighted by Crippen LogP contribution is -2.37. The Balaban J connectivity index is 1.50. The van der Waals surface area contributed by atoms with Gasteiger partial charge in [0.2, 0.25) is 0 Å². The molecular formula is C27H40O3. The molecule has 0 aromatic carbocycles. The fourth-order valence-corrected chi connectivity index (χ4v) is 7.02. The van der Waals surface area contributed by atoms with Crippen molar-refractivity contribution in [1.29, 1.82) is 0 Å². The van der Waals surface area contributed by atoms with Crippen molar-refractivity contribution in [3.8, 4) is 11.8 Å². The predicted molar refractivity (Wildman–Crippen MR) is 121 cm³/mol. The molecule has 0 heterocycles. The molecule has 0 bridgehead atoms. The summed E-state index contributed by atoms with van der Waals surface area (Å²) >= 11 is 0. The molecular weight excluding hydrogens is 372 g/mol. The zero-order valence-corrected chi connectivity index (χ0v) is 19.1. The topological polar surface area (TPSA) is 60.7 Å². The molecule has 0 saturated heterocycles. The van der Waals surface area contributed by atoms with Gasteiger partial charge in [-0.05, 0) is 101 Å². The first kappa shape index (κ1) is 22.1. The highest BCUT2D eigenvalue weighted by atomic mass is 16.3. The first-order valence-electron chi connectivity index (χ1n) is 12.1. The van der Waals surface area contributed by atoms with Crippen molar-refractivity contribution in [2.45, 2.75) is 109 Å². The van der Waals surface area contributed by atoms with Crippen molar-refractivity contribution in [3.05, 3.63) is 23.3 Å². The first-order valence-corrected chi connectivity index (χ1v) is 12.1. The highest BCUT2D eigenvalue weighted by molar-refractivity contribution is 5.28. The average molecular weight is 413 g/mol. The third-order valence-electron chi connectivity index (χ3n) is 8.50. The summed E-state index contributed by atoms with van der Waals surface area (Å²) in [5.41, 5.74) is 2.62. The summed E-state index contributed by atoms with van der Waals surface area (Å²) < 4.78 is 0. The Labute approximate surface area is 182 Å². The fraction of sp³-hybridized carbons (Fsp3) is 0.778. The quantitative estimate of drug-likeness (QED) is 0.578. The van der Waals surface area contributed by atoms with Crippen molar-refractivity contribution in [2.75, 3.05) is 0 Å². The van der Waals surface area contributed by atoms with Gasteiger partial charge in [0.25, 0.3) is 0 Å². The molecule has 4 aliphatic carbocycles. The fourth-order valence-electron chi connectivity index (χ4n) is 7.02. The van der Waals surface area contributed by atoms with Gasteiger partial charge >= 0.3 is 0 Å². The molecule has 3 heteroatoms. The minimum atomic E-state index is -0.896. The van der Waals surface area contributed by atoms with Crippen LogP contribution in [0.2, 0.25) is 0 Å². The van der Waals surface area contributed by atoms with Crippen LogP contribution in [0.15, 0.2) is 23.3 Å². The smallest absolute Gasteiger partial charge is 0.119 e. The minimum Gasteiger partial charge on any atom is -0.393 e. The molecule has 0 aromatic rings. The van der Waals surface area contributed by atoms with Gasteiger partial charge in [-0.3, -0.25) is 0 Å². The standard InChI is InChI=1S/C27H40O3/c1-25(2,30)11-5-13-27(14-15-27)24-10-9-23-20(6-4-12-26(23,24)3)8-7-19-16-21(28)18-22(29)17-19/h7-8,21-24,28-30H,4,6,9-10,12-18H2,1-3H3/t21-,22?,23?,24?,26+/m1/s1. The van der Waals surface area contributed by atoms with Crippen molar-refractivity contribution in [2.24, 2.45) is 22.7 Å². The van der Waals surface area contributed by atoms with Gasteiger partial charge in [-0.25, -0.2) is 0 Å². The van der Waals surface area contributed by atoms with Crippen LogP contribution in [0.1, 0.15) is 91.4 Å². The van der Waals surface area contributed by atoms with E-state index in [2.05, 4.69) is 30.9 Å². The van der Waals surface area contributed by atoms with E-state index in [9.17, 15) is 15.3 Å². The van der Waals surface area contributed by atoms with Crippen LogP contribution in [0.4, 0.5) is 0 Å². The van der Waals surface area contributed by atoms with Crippen molar-refractivity contribution < 1.29 is 15.3 Å². The van der Waals surface area contributed by atoms with E-state index in [1.807, 2.05) is 0 Å². The van der Waals surface area contributed by atoms with Crippen LogP contribution in [-0.2, 0) is 0 Å². The lowest BCUT2D eigenvalue weighted by Gasteiger charge is -2.45. The second kappa shape index (κ2) is 8.12. The van der Waals surface area contributed by atoms with E-state index in [1.165, 1.54) is 50.5 Å². The highest BCUT2D eigenvalue weighted by Gasteiger charge is 2.60. The summed E-state index contributed by atoms with van der Waals surface area (Å²) in [6.45, 7) is 6.07. The molecule has 4 aliphatic rings. The van der Waals surface area contributed by atoms with Crippen LogP contribution < -0.4 is 0 Å². The Morgan fingerprint density at radius 3 is 2.40 bits per heavy atom. The molecule has 4 saturated carbocycles. The van der Waals surface area contributed by atoms with Gasteiger partial charge in [0.15, 0.2) is 0 Å². The van der Waals surface area contributed by atoms with E-state index >= 15 is 0 Å². The second-order valence-electron chi connectivity index (χ2n) is 11.5. The monoisotopic (exact) mass is 412 g/mol. The van der Waals surface area contributed by atoms with Crippen LogP contribution in [0.25, 0.3) is 0 Å². The molecule has 0 spiro atoms. The molecule has 3 nitrogen and oxygen atoms in total. The van der Waals surface area contributed by atoms with Gasteiger partial charge in [-0.2, -0.15) is 0 Å². The number of aliphatic hydroxyl groups is 3. The number of hydrogen-bond donors (Lipinski definition) is 3. The maximum absolute atomic E-state index is 9.98. The van der Waals surface area contributed by atoms with E-state index in [-0.39, 0.29) is 0 Å². The molecule has 0 radical (unpaired) electrons.